The maximum atomic E-state index is 12.9. The van der Waals surface area contributed by atoms with Crippen molar-refractivity contribution in [3.8, 4) is 5.75 Å². The maximum absolute atomic E-state index is 12.9. The van der Waals surface area contributed by atoms with E-state index in [-0.39, 0.29) is 5.91 Å². The number of rotatable bonds is 4. The first-order valence-electron chi connectivity index (χ1n) is 9.94. The van der Waals surface area contributed by atoms with Gasteiger partial charge in [0, 0.05) is 18.5 Å². The van der Waals surface area contributed by atoms with Crippen molar-refractivity contribution in [1.82, 2.24) is 19.5 Å². The molecule has 3 heterocycles. The molecule has 0 unspecified atom stereocenters. The van der Waals surface area contributed by atoms with Crippen molar-refractivity contribution >= 4 is 34.2 Å². The molecule has 0 saturated carbocycles. The highest BCUT2D eigenvalue weighted by Crippen LogP contribution is 2.28. The molecule has 1 aliphatic heterocycles. The van der Waals surface area contributed by atoms with Crippen LogP contribution in [0.4, 0.5) is 0 Å². The number of benzene rings is 2. The van der Waals surface area contributed by atoms with Crippen molar-refractivity contribution in [2.24, 2.45) is 0 Å². The van der Waals surface area contributed by atoms with E-state index in [4.69, 9.17) is 4.74 Å². The molecule has 0 saturated heterocycles. The van der Waals surface area contributed by atoms with Gasteiger partial charge in [0.15, 0.2) is 10.8 Å². The van der Waals surface area contributed by atoms with Gasteiger partial charge in [0.25, 0.3) is 0 Å². The SMILES string of the molecule is COc1ccc2c(c1)cc(C)c1nnc(SCC(=O)N3CCc4ccccc4C3)n12. The zero-order valence-electron chi connectivity index (χ0n) is 17.0. The Balaban J connectivity index is 1.40. The van der Waals surface area contributed by atoms with Gasteiger partial charge in [-0.25, -0.2) is 0 Å². The number of aryl methyl sites for hydroxylation is 1. The smallest absolute Gasteiger partial charge is 0.233 e. The number of amides is 1. The highest BCUT2D eigenvalue weighted by molar-refractivity contribution is 7.99. The van der Waals surface area contributed by atoms with Gasteiger partial charge in [0.1, 0.15) is 5.75 Å². The fourth-order valence-corrected chi connectivity index (χ4v) is 4.89. The van der Waals surface area contributed by atoms with E-state index in [1.54, 1.807) is 7.11 Å². The maximum Gasteiger partial charge on any atom is 0.233 e. The van der Waals surface area contributed by atoms with Gasteiger partial charge >= 0.3 is 0 Å². The average molecular weight is 419 g/mol. The van der Waals surface area contributed by atoms with Gasteiger partial charge in [0.05, 0.1) is 18.4 Å². The Bertz CT molecular complexity index is 1270. The van der Waals surface area contributed by atoms with E-state index in [0.717, 1.165) is 46.0 Å². The second-order valence-electron chi connectivity index (χ2n) is 7.52. The highest BCUT2D eigenvalue weighted by Gasteiger charge is 2.21. The number of pyridine rings is 1. The summed E-state index contributed by atoms with van der Waals surface area (Å²) in [6, 6.07) is 16.4. The number of ether oxygens (including phenoxy) is 1. The second kappa shape index (κ2) is 7.65. The molecule has 0 bridgehead atoms. The summed E-state index contributed by atoms with van der Waals surface area (Å²) in [7, 11) is 1.66. The standard InChI is InChI=1S/C23H22N4O2S/c1-15-11-18-12-19(29-2)7-8-20(18)27-22(15)24-25-23(27)30-14-21(28)26-10-9-16-5-3-4-6-17(16)13-26/h3-8,11-12H,9-10,13-14H2,1-2H3. The number of methoxy groups -OCH3 is 1. The van der Waals surface area contributed by atoms with E-state index in [2.05, 4.69) is 34.5 Å². The zero-order chi connectivity index (χ0) is 20.7. The molecule has 0 radical (unpaired) electrons. The van der Waals surface area contributed by atoms with Gasteiger partial charge < -0.3 is 9.64 Å². The summed E-state index contributed by atoms with van der Waals surface area (Å²) < 4.78 is 7.40. The zero-order valence-corrected chi connectivity index (χ0v) is 17.8. The number of carbonyl (C=O) groups excluding carboxylic acids is 1. The molecule has 30 heavy (non-hydrogen) atoms. The lowest BCUT2D eigenvalue weighted by Crippen LogP contribution is -2.37. The summed E-state index contributed by atoms with van der Waals surface area (Å²) in [5.74, 6) is 1.28. The fourth-order valence-electron chi connectivity index (χ4n) is 4.04. The van der Waals surface area contributed by atoms with Gasteiger partial charge in [-0.15, -0.1) is 10.2 Å². The highest BCUT2D eigenvalue weighted by atomic mass is 32.2. The number of aromatic nitrogens is 3. The summed E-state index contributed by atoms with van der Waals surface area (Å²) in [4.78, 5) is 14.8. The molecule has 0 spiro atoms. The van der Waals surface area contributed by atoms with Gasteiger partial charge in [-0.3, -0.25) is 9.20 Å². The average Bonchev–Trinajstić information content (AvgIpc) is 3.21. The number of hydrogen-bond donors (Lipinski definition) is 0. The minimum atomic E-state index is 0.130. The largest absolute Gasteiger partial charge is 0.497 e. The molecule has 6 nitrogen and oxygen atoms in total. The molecule has 2 aromatic carbocycles. The van der Waals surface area contributed by atoms with Crippen LogP contribution in [0.1, 0.15) is 16.7 Å². The summed E-state index contributed by atoms with van der Waals surface area (Å²) in [5.41, 5.74) is 5.44. The quantitative estimate of drug-likeness (QED) is 0.471. The molecule has 0 atom stereocenters. The van der Waals surface area contributed by atoms with Crippen LogP contribution in [0.2, 0.25) is 0 Å². The number of carbonyl (C=O) groups is 1. The summed E-state index contributed by atoms with van der Waals surface area (Å²) in [5, 5.41) is 10.5. The summed E-state index contributed by atoms with van der Waals surface area (Å²) in [6.45, 7) is 3.46. The van der Waals surface area contributed by atoms with Crippen LogP contribution in [-0.2, 0) is 17.8 Å². The van der Waals surface area contributed by atoms with Crippen molar-refractivity contribution < 1.29 is 9.53 Å². The third-order valence-electron chi connectivity index (χ3n) is 5.64. The molecule has 5 rings (SSSR count). The van der Waals surface area contributed by atoms with E-state index < -0.39 is 0 Å². The molecule has 7 heteroatoms. The lowest BCUT2D eigenvalue weighted by atomic mass is 10.00. The van der Waals surface area contributed by atoms with Gasteiger partial charge in [-0.2, -0.15) is 0 Å². The fraction of sp³-hybridized carbons (Fsp3) is 0.261. The molecule has 0 aliphatic carbocycles. The Labute approximate surface area is 178 Å². The molecule has 1 aliphatic rings. The van der Waals surface area contributed by atoms with Crippen LogP contribution in [-0.4, -0.2) is 44.8 Å². The minimum Gasteiger partial charge on any atom is -0.497 e. The minimum absolute atomic E-state index is 0.130. The Morgan fingerprint density at radius 3 is 2.80 bits per heavy atom. The van der Waals surface area contributed by atoms with Crippen molar-refractivity contribution in [2.45, 2.75) is 25.0 Å². The molecule has 152 valence electrons. The molecular weight excluding hydrogens is 396 g/mol. The van der Waals surface area contributed by atoms with Crippen molar-refractivity contribution in [3.05, 3.63) is 65.2 Å². The third kappa shape index (κ3) is 3.29. The Hall–Kier alpha value is -3.06. The first-order chi connectivity index (χ1) is 14.6. The summed E-state index contributed by atoms with van der Waals surface area (Å²) >= 11 is 1.44. The number of nitrogens with zero attached hydrogens (tertiary/aromatic N) is 4. The predicted molar refractivity (Wildman–Crippen MR) is 118 cm³/mol. The molecular formula is C23H22N4O2S. The van der Waals surface area contributed by atoms with Gasteiger partial charge in [-0.05, 0) is 54.3 Å². The van der Waals surface area contributed by atoms with E-state index in [0.29, 0.717) is 12.3 Å². The number of hydrogen-bond acceptors (Lipinski definition) is 5. The monoisotopic (exact) mass is 418 g/mol. The molecule has 1 amide bonds. The molecule has 0 fully saturated rings. The Morgan fingerprint density at radius 1 is 1.13 bits per heavy atom. The topological polar surface area (TPSA) is 59.7 Å². The molecule has 4 aromatic rings. The van der Waals surface area contributed by atoms with Crippen molar-refractivity contribution in [2.75, 3.05) is 19.4 Å². The van der Waals surface area contributed by atoms with Crippen LogP contribution < -0.4 is 4.74 Å². The lowest BCUT2D eigenvalue weighted by molar-refractivity contribution is -0.129. The molecule has 2 aromatic heterocycles. The lowest BCUT2D eigenvalue weighted by Gasteiger charge is -2.28. The van der Waals surface area contributed by atoms with Crippen molar-refractivity contribution in [1.29, 1.82) is 0 Å². The first kappa shape index (κ1) is 18.9. The Morgan fingerprint density at radius 2 is 1.97 bits per heavy atom. The van der Waals surface area contributed by atoms with Crippen LogP contribution in [0.15, 0.2) is 53.7 Å². The van der Waals surface area contributed by atoms with Crippen molar-refractivity contribution in [3.63, 3.8) is 0 Å². The second-order valence-corrected chi connectivity index (χ2v) is 8.46. The van der Waals surface area contributed by atoms with Crippen LogP contribution in [0, 0.1) is 6.92 Å². The first-order valence-corrected chi connectivity index (χ1v) is 10.9. The van der Waals surface area contributed by atoms with Gasteiger partial charge in [-0.1, -0.05) is 36.0 Å². The van der Waals surface area contributed by atoms with E-state index in [9.17, 15) is 4.79 Å². The van der Waals surface area contributed by atoms with Crippen LogP contribution in [0.5, 0.6) is 5.75 Å². The Kier molecular flexibility index (Phi) is 4.83. The van der Waals surface area contributed by atoms with E-state index in [1.165, 1.54) is 22.9 Å². The van der Waals surface area contributed by atoms with Crippen LogP contribution in [0.25, 0.3) is 16.6 Å². The van der Waals surface area contributed by atoms with Gasteiger partial charge in [0.2, 0.25) is 5.91 Å². The van der Waals surface area contributed by atoms with E-state index >= 15 is 0 Å². The van der Waals surface area contributed by atoms with E-state index in [1.807, 2.05) is 40.5 Å². The van der Waals surface area contributed by atoms with Crippen LogP contribution >= 0.6 is 11.8 Å². The van der Waals surface area contributed by atoms with Crippen LogP contribution in [0.3, 0.4) is 0 Å². The predicted octanol–water partition coefficient (Wildman–Crippen LogP) is 3.88. The normalized spacial score (nSPS) is 13.6. The number of fused-ring (bicyclic) bond motifs is 4. The number of thioether (sulfide) groups is 1. The molecule has 0 N–H and O–H groups in total. The summed E-state index contributed by atoms with van der Waals surface area (Å²) in [6.07, 6.45) is 0.909. The third-order valence-corrected chi connectivity index (χ3v) is 6.56.